The van der Waals surface area contributed by atoms with Crippen molar-refractivity contribution < 1.29 is 9.53 Å². The van der Waals surface area contributed by atoms with E-state index in [0.29, 0.717) is 23.9 Å². The summed E-state index contributed by atoms with van der Waals surface area (Å²) >= 11 is 6.45. The van der Waals surface area contributed by atoms with Gasteiger partial charge in [-0.05, 0) is 24.3 Å². The fraction of sp³-hybridized carbons (Fsp3) is 0.560. The number of ether oxygens (including phenoxy) is 1. The third kappa shape index (κ3) is 5.78. The first kappa shape index (κ1) is 23.0. The van der Waals surface area contributed by atoms with Gasteiger partial charge in [0, 0.05) is 37.9 Å². The van der Waals surface area contributed by atoms with Gasteiger partial charge in [-0.25, -0.2) is 9.97 Å². The van der Waals surface area contributed by atoms with Crippen LogP contribution in [0.1, 0.15) is 50.4 Å². The Labute approximate surface area is 195 Å². The third-order valence-electron chi connectivity index (χ3n) is 6.61. The maximum absolute atomic E-state index is 12.5. The SMILES string of the molecule is CCC[C@@H](CCc1ncc(Cl)c(N2CCC3(COC3)C2)n1)CC(=O)NCc1ccccc1. The van der Waals surface area contributed by atoms with Crippen LogP contribution in [0.2, 0.25) is 5.02 Å². The molecule has 0 unspecified atom stereocenters. The molecular weight excluding hydrogens is 424 g/mol. The van der Waals surface area contributed by atoms with Gasteiger partial charge in [0.25, 0.3) is 0 Å². The van der Waals surface area contributed by atoms with Crippen molar-refractivity contribution in [1.29, 1.82) is 0 Å². The lowest BCUT2D eigenvalue weighted by Crippen LogP contribution is -2.44. The number of halogens is 1. The Morgan fingerprint density at radius 3 is 2.78 bits per heavy atom. The number of nitrogens with zero attached hydrogens (tertiary/aromatic N) is 3. The molecule has 1 N–H and O–H groups in total. The summed E-state index contributed by atoms with van der Waals surface area (Å²) in [6.45, 7) is 6.32. The summed E-state index contributed by atoms with van der Waals surface area (Å²) in [4.78, 5) is 24.1. The molecule has 2 aliphatic rings. The van der Waals surface area contributed by atoms with Crippen molar-refractivity contribution in [1.82, 2.24) is 15.3 Å². The van der Waals surface area contributed by atoms with E-state index in [-0.39, 0.29) is 11.3 Å². The largest absolute Gasteiger partial charge is 0.380 e. The van der Waals surface area contributed by atoms with Crippen LogP contribution in [0.3, 0.4) is 0 Å². The van der Waals surface area contributed by atoms with E-state index in [4.69, 9.17) is 21.3 Å². The average Bonchev–Trinajstić information content (AvgIpc) is 3.24. The molecule has 1 spiro atoms. The fourth-order valence-electron chi connectivity index (χ4n) is 4.70. The van der Waals surface area contributed by atoms with Crippen molar-refractivity contribution >= 4 is 23.3 Å². The Balaban J connectivity index is 1.30. The molecule has 1 atom stereocenters. The Bertz CT molecular complexity index is 904. The number of hydrogen-bond donors (Lipinski definition) is 1. The molecule has 2 fully saturated rings. The number of hydrogen-bond acceptors (Lipinski definition) is 5. The van der Waals surface area contributed by atoms with Crippen LogP contribution in [0.15, 0.2) is 36.5 Å². The summed E-state index contributed by atoms with van der Waals surface area (Å²) in [5.74, 6) is 2.07. The second-order valence-electron chi connectivity index (χ2n) is 9.28. The highest BCUT2D eigenvalue weighted by Gasteiger charge is 2.45. The molecule has 2 saturated heterocycles. The van der Waals surface area contributed by atoms with Gasteiger partial charge in [-0.1, -0.05) is 61.7 Å². The van der Waals surface area contributed by atoms with Gasteiger partial charge in [-0.2, -0.15) is 0 Å². The van der Waals surface area contributed by atoms with Crippen molar-refractivity contribution in [2.45, 2.75) is 52.0 Å². The van der Waals surface area contributed by atoms with Gasteiger partial charge in [-0.15, -0.1) is 0 Å². The summed E-state index contributed by atoms with van der Waals surface area (Å²) in [6, 6.07) is 10.0. The minimum Gasteiger partial charge on any atom is -0.380 e. The van der Waals surface area contributed by atoms with Crippen molar-refractivity contribution in [2.75, 3.05) is 31.2 Å². The van der Waals surface area contributed by atoms with E-state index in [1.165, 1.54) is 0 Å². The lowest BCUT2D eigenvalue weighted by molar-refractivity contribution is -0.122. The predicted molar refractivity (Wildman–Crippen MR) is 127 cm³/mol. The first-order valence-corrected chi connectivity index (χ1v) is 12.1. The molecule has 0 bridgehead atoms. The molecule has 172 valence electrons. The van der Waals surface area contributed by atoms with Crippen LogP contribution in [-0.2, 0) is 22.5 Å². The predicted octanol–water partition coefficient (Wildman–Crippen LogP) is 4.41. The minimum absolute atomic E-state index is 0.107. The molecule has 6 nitrogen and oxygen atoms in total. The summed E-state index contributed by atoms with van der Waals surface area (Å²) < 4.78 is 5.44. The van der Waals surface area contributed by atoms with Crippen LogP contribution in [-0.4, -0.2) is 42.2 Å². The van der Waals surface area contributed by atoms with E-state index in [2.05, 4.69) is 22.1 Å². The highest BCUT2D eigenvalue weighted by molar-refractivity contribution is 6.32. The first-order valence-electron chi connectivity index (χ1n) is 11.7. The molecule has 32 heavy (non-hydrogen) atoms. The van der Waals surface area contributed by atoms with E-state index in [9.17, 15) is 4.79 Å². The van der Waals surface area contributed by atoms with Gasteiger partial charge in [0.1, 0.15) is 10.8 Å². The monoisotopic (exact) mass is 456 g/mol. The number of nitrogens with one attached hydrogen (secondary N) is 1. The maximum atomic E-state index is 12.5. The number of carbonyl (C=O) groups excluding carboxylic acids is 1. The van der Waals surface area contributed by atoms with Gasteiger partial charge < -0.3 is 15.0 Å². The lowest BCUT2D eigenvalue weighted by atomic mass is 9.85. The maximum Gasteiger partial charge on any atom is 0.220 e. The molecule has 1 aromatic heterocycles. The Morgan fingerprint density at radius 1 is 1.28 bits per heavy atom. The second-order valence-corrected chi connectivity index (χ2v) is 9.69. The molecular formula is C25H33ClN4O2. The average molecular weight is 457 g/mol. The summed E-state index contributed by atoms with van der Waals surface area (Å²) in [5.41, 5.74) is 1.40. The quantitative estimate of drug-likeness (QED) is 0.573. The standard InChI is InChI=1S/C25H33ClN4O2/c1-2-6-19(13-23(31)28-14-20-7-4-3-5-8-20)9-10-22-27-15-21(26)24(29-22)30-12-11-25(16-30)17-32-18-25/h3-5,7-8,15,19H,2,6,9-14,16-18H2,1H3,(H,28,31)/t19-/m0/s1. The van der Waals surface area contributed by atoms with E-state index < -0.39 is 0 Å². The fourth-order valence-corrected chi connectivity index (χ4v) is 4.91. The van der Waals surface area contributed by atoms with Crippen LogP contribution in [0.25, 0.3) is 0 Å². The Kier molecular flexibility index (Phi) is 7.63. The van der Waals surface area contributed by atoms with Gasteiger partial charge >= 0.3 is 0 Å². The number of aromatic nitrogens is 2. The number of rotatable bonds is 10. The summed E-state index contributed by atoms with van der Waals surface area (Å²) in [5, 5.41) is 3.66. The molecule has 0 aliphatic carbocycles. The van der Waals surface area contributed by atoms with Gasteiger partial charge in [0.05, 0.1) is 19.4 Å². The molecule has 0 saturated carbocycles. The first-order chi connectivity index (χ1) is 15.6. The van der Waals surface area contributed by atoms with E-state index >= 15 is 0 Å². The second kappa shape index (κ2) is 10.6. The zero-order valence-electron chi connectivity index (χ0n) is 18.9. The molecule has 1 aromatic carbocycles. The van der Waals surface area contributed by atoms with E-state index in [1.54, 1.807) is 6.20 Å². The Morgan fingerprint density at radius 2 is 2.09 bits per heavy atom. The molecule has 7 heteroatoms. The molecule has 4 rings (SSSR count). The Hall–Kier alpha value is -2.18. The number of amides is 1. The number of aryl methyl sites for hydroxylation is 1. The lowest BCUT2D eigenvalue weighted by Gasteiger charge is -2.37. The molecule has 2 aromatic rings. The highest BCUT2D eigenvalue weighted by atomic mass is 35.5. The van der Waals surface area contributed by atoms with Crippen molar-refractivity contribution in [3.8, 4) is 0 Å². The summed E-state index contributed by atoms with van der Waals surface area (Å²) in [6.07, 6.45) is 7.11. The molecule has 1 amide bonds. The van der Waals surface area contributed by atoms with Gasteiger partial charge in [0.2, 0.25) is 5.91 Å². The normalized spacial score (nSPS) is 17.9. The number of anilines is 1. The zero-order chi connectivity index (χ0) is 22.4. The summed E-state index contributed by atoms with van der Waals surface area (Å²) in [7, 11) is 0. The highest BCUT2D eigenvalue weighted by Crippen LogP contribution is 2.40. The van der Waals surface area contributed by atoms with Gasteiger partial charge in [0.15, 0.2) is 5.82 Å². The van der Waals surface area contributed by atoms with Crippen LogP contribution >= 0.6 is 11.6 Å². The molecule has 2 aliphatic heterocycles. The zero-order valence-corrected chi connectivity index (χ0v) is 19.6. The smallest absolute Gasteiger partial charge is 0.220 e. The minimum atomic E-state index is 0.107. The topological polar surface area (TPSA) is 67.3 Å². The van der Waals surface area contributed by atoms with E-state index in [0.717, 1.165) is 75.6 Å². The number of carbonyl (C=O) groups is 1. The third-order valence-corrected chi connectivity index (χ3v) is 6.88. The van der Waals surface area contributed by atoms with E-state index in [1.807, 2.05) is 30.3 Å². The number of benzene rings is 1. The van der Waals surface area contributed by atoms with Crippen molar-refractivity contribution in [3.63, 3.8) is 0 Å². The van der Waals surface area contributed by atoms with Crippen molar-refractivity contribution in [2.24, 2.45) is 11.3 Å². The molecule has 3 heterocycles. The van der Waals surface area contributed by atoms with Crippen molar-refractivity contribution in [3.05, 3.63) is 52.9 Å². The molecule has 0 radical (unpaired) electrons. The van der Waals surface area contributed by atoms with Crippen LogP contribution < -0.4 is 10.2 Å². The van der Waals surface area contributed by atoms with Crippen LogP contribution in [0.5, 0.6) is 0 Å². The van der Waals surface area contributed by atoms with Crippen LogP contribution in [0.4, 0.5) is 5.82 Å². The van der Waals surface area contributed by atoms with Gasteiger partial charge in [-0.3, -0.25) is 4.79 Å². The van der Waals surface area contributed by atoms with Crippen LogP contribution in [0, 0.1) is 11.3 Å².